The van der Waals surface area contributed by atoms with Gasteiger partial charge in [-0.3, -0.25) is 19.3 Å². The number of carbonyl (C=O) groups excluding carboxylic acids is 2. The third-order valence-electron chi connectivity index (χ3n) is 8.67. The zero-order valence-corrected chi connectivity index (χ0v) is 25.5. The van der Waals surface area contributed by atoms with E-state index in [1.54, 1.807) is 41.4 Å². The van der Waals surface area contributed by atoms with Gasteiger partial charge in [0.15, 0.2) is 11.5 Å². The maximum absolute atomic E-state index is 14.2. The van der Waals surface area contributed by atoms with Crippen LogP contribution in [0.4, 0.5) is 22.0 Å². The van der Waals surface area contributed by atoms with Crippen LogP contribution in [0.5, 0.6) is 0 Å². The number of hydrogen-bond acceptors (Lipinski definition) is 5. The van der Waals surface area contributed by atoms with Crippen LogP contribution in [-0.4, -0.2) is 57.7 Å². The van der Waals surface area contributed by atoms with E-state index in [2.05, 4.69) is 10.1 Å². The van der Waals surface area contributed by atoms with Crippen LogP contribution >= 0.6 is 0 Å². The fourth-order valence-electron chi connectivity index (χ4n) is 6.57. The first-order chi connectivity index (χ1) is 22.6. The highest BCUT2D eigenvalue weighted by atomic mass is 19.4. The number of Topliss-reactive ketones (excluding diaryl/α,β-unsaturated/α-hetero) is 1. The van der Waals surface area contributed by atoms with Crippen molar-refractivity contribution in [3.63, 3.8) is 0 Å². The molecule has 6 rings (SSSR count). The normalized spacial score (nSPS) is 15.7. The predicted molar refractivity (Wildman–Crippen MR) is 163 cm³/mol. The van der Waals surface area contributed by atoms with Gasteiger partial charge in [-0.2, -0.15) is 18.3 Å². The van der Waals surface area contributed by atoms with Crippen molar-refractivity contribution in [1.82, 2.24) is 19.7 Å². The Morgan fingerprint density at radius 3 is 2.43 bits per heavy atom. The lowest BCUT2D eigenvalue weighted by atomic mass is 9.86. The minimum atomic E-state index is -4.64. The number of pyridine rings is 1. The van der Waals surface area contributed by atoms with Crippen LogP contribution in [0.2, 0.25) is 0 Å². The number of benzene rings is 2. The molecular weight excluding hydrogens is 619 g/mol. The van der Waals surface area contributed by atoms with Gasteiger partial charge in [-0.1, -0.05) is 18.2 Å². The van der Waals surface area contributed by atoms with Crippen LogP contribution in [-0.2, 0) is 41.5 Å². The molecule has 1 fully saturated rings. The number of nitrogens with zero attached hydrogens (tertiary/aromatic N) is 4. The molecule has 12 heteroatoms. The highest BCUT2D eigenvalue weighted by molar-refractivity contribution is 5.95. The third-order valence-corrected chi connectivity index (χ3v) is 8.67. The van der Waals surface area contributed by atoms with Crippen LogP contribution in [0.3, 0.4) is 0 Å². The molecular formula is C35H33F5N4O3. The lowest BCUT2D eigenvalue weighted by molar-refractivity contribution is -0.142. The van der Waals surface area contributed by atoms with E-state index in [0.717, 1.165) is 6.07 Å². The number of carbonyl (C=O) groups is 2. The number of morpholine rings is 1. The lowest BCUT2D eigenvalue weighted by Crippen LogP contribution is -2.40. The van der Waals surface area contributed by atoms with Gasteiger partial charge in [0.1, 0.15) is 11.6 Å². The van der Waals surface area contributed by atoms with Crippen LogP contribution in [0.1, 0.15) is 63.7 Å². The number of halogens is 5. The van der Waals surface area contributed by atoms with Gasteiger partial charge in [-0.15, -0.1) is 0 Å². The molecule has 1 atom stereocenters. The minimum absolute atomic E-state index is 0.0296. The van der Waals surface area contributed by atoms with Crippen molar-refractivity contribution in [3.8, 4) is 11.1 Å². The maximum atomic E-state index is 14.2. The molecule has 1 saturated heterocycles. The van der Waals surface area contributed by atoms with E-state index in [4.69, 9.17) is 4.74 Å². The van der Waals surface area contributed by atoms with Crippen LogP contribution < -0.4 is 0 Å². The quantitative estimate of drug-likeness (QED) is 0.191. The number of rotatable bonds is 9. The Balaban J connectivity index is 1.33. The van der Waals surface area contributed by atoms with Crippen molar-refractivity contribution in [3.05, 3.63) is 106 Å². The van der Waals surface area contributed by atoms with Crippen molar-refractivity contribution in [2.75, 3.05) is 26.3 Å². The fourth-order valence-corrected chi connectivity index (χ4v) is 6.57. The number of aromatic nitrogens is 3. The largest absolute Gasteiger partial charge is 0.435 e. The summed E-state index contributed by atoms with van der Waals surface area (Å²) in [5, 5.41) is 3.83. The summed E-state index contributed by atoms with van der Waals surface area (Å²) in [6, 6.07) is 13.7. The Bertz CT molecular complexity index is 1760. The molecule has 2 aromatic carbocycles. The molecule has 1 aliphatic carbocycles. The molecule has 246 valence electrons. The Morgan fingerprint density at radius 1 is 0.936 bits per heavy atom. The minimum Gasteiger partial charge on any atom is -0.378 e. The molecule has 1 aliphatic heterocycles. The van der Waals surface area contributed by atoms with E-state index in [9.17, 15) is 31.5 Å². The topological polar surface area (TPSA) is 77.3 Å². The summed E-state index contributed by atoms with van der Waals surface area (Å²) in [4.78, 5) is 33.2. The highest BCUT2D eigenvalue weighted by Crippen LogP contribution is 2.37. The van der Waals surface area contributed by atoms with E-state index in [0.29, 0.717) is 79.2 Å². The van der Waals surface area contributed by atoms with Gasteiger partial charge < -0.3 is 9.64 Å². The molecule has 0 spiro atoms. The average molecular weight is 653 g/mol. The van der Waals surface area contributed by atoms with Crippen molar-refractivity contribution in [2.24, 2.45) is 0 Å². The number of ketones is 1. The van der Waals surface area contributed by atoms with Crippen LogP contribution in [0.25, 0.3) is 11.1 Å². The molecule has 4 aromatic rings. The number of alkyl halides is 3. The maximum Gasteiger partial charge on any atom is 0.435 e. The van der Waals surface area contributed by atoms with Crippen molar-refractivity contribution >= 4 is 11.7 Å². The van der Waals surface area contributed by atoms with E-state index in [1.165, 1.54) is 16.8 Å². The number of amides is 1. The fraction of sp³-hybridized carbons (Fsp3) is 0.371. The third kappa shape index (κ3) is 7.43. The molecule has 0 N–H and O–H groups in total. The van der Waals surface area contributed by atoms with Crippen molar-refractivity contribution in [2.45, 2.75) is 57.2 Å². The Kier molecular flexibility index (Phi) is 9.49. The Morgan fingerprint density at radius 2 is 1.68 bits per heavy atom. The number of ether oxygens (including phenoxy) is 1. The first kappa shape index (κ1) is 32.5. The van der Waals surface area contributed by atoms with Gasteiger partial charge in [-0.25, -0.2) is 8.78 Å². The van der Waals surface area contributed by atoms with E-state index in [-0.39, 0.29) is 37.3 Å². The van der Waals surface area contributed by atoms with Gasteiger partial charge in [-0.05, 0) is 73.6 Å². The smallest absolute Gasteiger partial charge is 0.378 e. The lowest BCUT2D eigenvalue weighted by Gasteiger charge is -2.27. The van der Waals surface area contributed by atoms with Crippen molar-refractivity contribution in [1.29, 1.82) is 0 Å². The van der Waals surface area contributed by atoms with Crippen LogP contribution in [0.15, 0.2) is 60.8 Å². The Hall–Kier alpha value is -4.45. The van der Waals surface area contributed by atoms with E-state index in [1.807, 2.05) is 6.07 Å². The van der Waals surface area contributed by atoms with E-state index >= 15 is 0 Å². The van der Waals surface area contributed by atoms with Gasteiger partial charge in [0.25, 0.3) is 5.91 Å². The molecule has 0 unspecified atom stereocenters. The van der Waals surface area contributed by atoms with Gasteiger partial charge in [0.2, 0.25) is 0 Å². The summed E-state index contributed by atoms with van der Waals surface area (Å²) < 4.78 is 76.4. The molecule has 7 nitrogen and oxygen atoms in total. The molecule has 47 heavy (non-hydrogen) atoms. The number of hydrogen-bond donors (Lipinski definition) is 0. The van der Waals surface area contributed by atoms with Crippen molar-refractivity contribution < 1.29 is 36.3 Å². The standard InChI is InChI=1S/C35H33F5N4O3/c36-26-16-22(17-27(37)20-26)15-25(19-28(45)21-44-31-9-2-1-7-30(31)33(42-44)35(38,39)40)32-29(8-4-10-41-32)23-5-3-6-24(18-23)34(46)43-11-13-47-14-12-43/h3-6,8,10,16-18,20,25H,1-2,7,9,11-15,19,21H2/t25-/m1/s1. The van der Waals surface area contributed by atoms with Gasteiger partial charge in [0, 0.05) is 60.1 Å². The molecule has 0 bridgehead atoms. The average Bonchev–Trinajstić information content (AvgIpc) is 3.43. The molecule has 0 radical (unpaired) electrons. The summed E-state index contributed by atoms with van der Waals surface area (Å²) >= 11 is 0. The van der Waals surface area contributed by atoms with Gasteiger partial charge >= 0.3 is 6.18 Å². The summed E-state index contributed by atoms with van der Waals surface area (Å²) in [5.41, 5.74) is 2.10. The summed E-state index contributed by atoms with van der Waals surface area (Å²) in [6.07, 6.45) is -1.29. The summed E-state index contributed by atoms with van der Waals surface area (Å²) in [5.74, 6) is -2.80. The first-order valence-corrected chi connectivity index (χ1v) is 15.6. The SMILES string of the molecule is O=C(C[C@@H](Cc1cc(F)cc(F)c1)c1ncccc1-c1cccc(C(=O)N2CCOCC2)c1)Cn1nc(C(F)(F)F)c2c1CCCC2. The summed E-state index contributed by atoms with van der Waals surface area (Å²) in [7, 11) is 0. The second-order valence-electron chi connectivity index (χ2n) is 12.0. The number of fused-ring (bicyclic) bond motifs is 1. The molecule has 2 aromatic heterocycles. The monoisotopic (exact) mass is 652 g/mol. The highest BCUT2D eigenvalue weighted by Gasteiger charge is 2.39. The predicted octanol–water partition coefficient (Wildman–Crippen LogP) is 6.58. The molecule has 0 saturated carbocycles. The zero-order chi connectivity index (χ0) is 33.1. The first-order valence-electron chi connectivity index (χ1n) is 15.6. The van der Waals surface area contributed by atoms with Gasteiger partial charge in [0.05, 0.1) is 25.5 Å². The summed E-state index contributed by atoms with van der Waals surface area (Å²) in [6.45, 7) is 1.47. The van der Waals surface area contributed by atoms with Crippen LogP contribution in [0, 0.1) is 11.6 Å². The second-order valence-corrected chi connectivity index (χ2v) is 12.0. The molecule has 1 amide bonds. The molecule has 3 heterocycles. The molecule has 2 aliphatic rings. The zero-order valence-electron chi connectivity index (χ0n) is 25.5. The van der Waals surface area contributed by atoms with E-state index < -0.39 is 35.2 Å². The Labute approximate surface area is 268 Å². The second kappa shape index (κ2) is 13.7.